The van der Waals surface area contributed by atoms with Crippen LogP contribution in [0.2, 0.25) is 0 Å². The van der Waals surface area contributed by atoms with Gasteiger partial charge in [-0.3, -0.25) is 10.1 Å². The molecule has 1 aromatic heterocycles. The standard InChI is InChI=1S/C18H27N3O4/c1-17(2,3)25-16(23)21-13-6-7-14(19-11-13)15(22)20-12-8-9-24-18(4,5)10-12/h6-7,11-12H,8-10H2,1-5H3,(H,20,22)(H,21,23)/t12-/m0/s1. The van der Waals surface area contributed by atoms with Gasteiger partial charge in [0.25, 0.3) is 5.91 Å². The van der Waals surface area contributed by atoms with Gasteiger partial charge in [-0.05, 0) is 59.6 Å². The molecule has 25 heavy (non-hydrogen) atoms. The van der Waals surface area contributed by atoms with Crippen LogP contribution in [0.25, 0.3) is 0 Å². The molecule has 0 unspecified atom stereocenters. The van der Waals surface area contributed by atoms with Crippen LogP contribution in [0.5, 0.6) is 0 Å². The first-order valence-corrected chi connectivity index (χ1v) is 8.45. The average molecular weight is 349 g/mol. The quantitative estimate of drug-likeness (QED) is 0.875. The van der Waals surface area contributed by atoms with Crippen LogP contribution in [0.1, 0.15) is 57.9 Å². The molecule has 0 aliphatic carbocycles. The van der Waals surface area contributed by atoms with Gasteiger partial charge in [0.05, 0.1) is 17.5 Å². The van der Waals surface area contributed by atoms with Crippen LogP contribution in [-0.4, -0.2) is 40.8 Å². The number of pyridine rings is 1. The Bertz CT molecular complexity index is 620. The van der Waals surface area contributed by atoms with Crippen LogP contribution >= 0.6 is 0 Å². The number of aromatic nitrogens is 1. The first kappa shape index (κ1) is 19.2. The summed E-state index contributed by atoms with van der Waals surface area (Å²) in [6, 6.07) is 3.27. The highest BCUT2D eigenvalue weighted by Gasteiger charge is 2.30. The van der Waals surface area contributed by atoms with Gasteiger partial charge in [0.1, 0.15) is 11.3 Å². The lowest BCUT2D eigenvalue weighted by Gasteiger charge is -2.35. The van der Waals surface area contributed by atoms with E-state index in [0.29, 0.717) is 18.0 Å². The minimum absolute atomic E-state index is 0.0672. The normalized spacial score (nSPS) is 19.8. The SMILES string of the molecule is CC(C)(C)OC(=O)Nc1ccc(C(=O)N[C@H]2CCOC(C)(C)C2)nc1. The highest BCUT2D eigenvalue weighted by Crippen LogP contribution is 2.24. The van der Waals surface area contributed by atoms with Gasteiger partial charge in [0, 0.05) is 12.6 Å². The molecule has 1 fully saturated rings. The van der Waals surface area contributed by atoms with Crippen molar-refractivity contribution in [1.29, 1.82) is 0 Å². The molecule has 0 spiro atoms. The molecule has 2 N–H and O–H groups in total. The molecule has 1 aliphatic heterocycles. The molecule has 7 nitrogen and oxygen atoms in total. The summed E-state index contributed by atoms with van der Waals surface area (Å²) in [7, 11) is 0. The maximum absolute atomic E-state index is 12.3. The number of rotatable bonds is 3. The third-order valence-corrected chi connectivity index (χ3v) is 3.67. The van der Waals surface area contributed by atoms with E-state index in [-0.39, 0.29) is 17.6 Å². The lowest BCUT2D eigenvalue weighted by atomic mass is 9.94. The van der Waals surface area contributed by atoms with Crippen LogP contribution < -0.4 is 10.6 Å². The molecule has 0 radical (unpaired) electrons. The van der Waals surface area contributed by atoms with Crippen LogP contribution in [-0.2, 0) is 9.47 Å². The molecular formula is C18H27N3O4. The minimum Gasteiger partial charge on any atom is -0.444 e. The van der Waals surface area contributed by atoms with E-state index in [0.717, 1.165) is 12.8 Å². The Labute approximate surface area is 148 Å². The zero-order valence-corrected chi connectivity index (χ0v) is 15.5. The second-order valence-corrected chi connectivity index (χ2v) is 7.83. The molecule has 1 saturated heterocycles. The van der Waals surface area contributed by atoms with Crippen molar-refractivity contribution in [3.8, 4) is 0 Å². The van der Waals surface area contributed by atoms with E-state index in [2.05, 4.69) is 15.6 Å². The number of hydrogen-bond acceptors (Lipinski definition) is 5. The first-order chi connectivity index (χ1) is 11.5. The van der Waals surface area contributed by atoms with Crippen LogP contribution in [0, 0.1) is 0 Å². The van der Waals surface area contributed by atoms with Crippen LogP contribution in [0.4, 0.5) is 10.5 Å². The van der Waals surface area contributed by atoms with E-state index in [1.54, 1.807) is 32.9 Å². The Morgan fingerprint density at radius 3 is 2.60 bits per heavy atom. The molecule has 1 atom stereocenters. The number of carbonyl (C=O) groups excluding carboxylic acids is 2. The Kier molecular flexibility index (Phi) is 5.67. The maximum Gasteiger partial charge on any atom is 0.412 e. The van der Waals surface area contributed by atoms with E-state index in [4.69, 9.17) is 9.47 Å². The lowest BCUT2D eigenvalue weighted by Crippen LogP contribution is -2.45. The van der Waals surface area contributed by atoms with Gasteiger partial charge in [-0.15, -0.1) is 0 Å². The van der Waals surface area contributed by atoms with Gasteiger partial charge in [0.2, 0.25) is 0 Å². The number of ether oxygens (including phenoxy) is 2. The molecule has 2 amide bonds. The van der Waals surface area contributed by atoms with Gasteiger partial charge in [0.15, 0.2) is 0 Å². The van der Waals surface area contributed by atoms with E-state index in [1.807, 2.05) is 13.8 Å². The molecule has 1 aliphatic rings. The summed E-state index contributed by atoms with van der Waals surface area (Å²) < 4.78 is 10.8. The van der Waals surface area contributed by atoms with Crippen molar-refractivity contribution in [2.75, 3.05) is 11.9 Å². The summed E-state index contributed by atoms with van der Waals surface area (Å²) in [6.07, 6.45) is 2.42. The fourth-order valence-electron chi connectivity index (χ4n) is 2.64. The maximum atomic E-state index is 12.3. The average Bonchev–Trinajstić information content (AvgIpc) is 2.44. The van der Waals surface area contributed by atoms with Crippen LogP contribution in [0.3, 0.4) is 0 Å². The van der Waals surface area contributed by atoms with Crippen molar-refractivity contribution in [2.45, 2.75) is 64.7 Å². The number of anilines is 1. The number of nitrogens with one attached hydrogen (secondary N) is 2. The Morgan fingerprint density at radius 2 is 2.04 bits per heavy atom. The van der Waals surface area contributed by atoms with Crippen molar-refractivity contribution >= 4 is 17.7 Å². The second kappa shape index (κ2) is 7.39. The fourth-order valence-corrected chi connectivity index (χ4v) is 2.64. The highest BCUT2D eigenvalue weighted by atomic mass is 16.6. The van der Waals surface area contributed by atoms with E-state index in [9.17, 15) is 9.59 Å². The lowest BCUT2D eigenvalue weighted by molar-refractivity contribution is -0.0615. The van der Waals surface area contributed by atoms with Gasteiger partial charge >= 0.3 is 6.09 Å². The summed E-state index contributed by atoms with van der Waals surface area (Å²) in [5.41, 5.74) is -0.0309. The van der Waals surface area contributed by atoms with Crippen molar-refractivity contribution in [3.05, 3.63) is 24.0 Å². The third kappa shape index (κ3) is 6.34. The number of amides is 2. The predicted octanol–water partition coefficient (Wildman–Crippen LogP) is 3.12. The molecule has 2 rings (SSSR count). The van der Waals surface area contributed by atoms with Gasteiger partial charge < -0.3 is 14.8 Å². The van der Waals surface area contributed by atoms with Crippen molar-refractivity contribution in [2.24, 2.45) is 0 Å². The Morgan fingerprint density at radius 1 is 1.32 bits per heavy atom. The molecule has 0 saturated carbocycles. The van der Waals surface area contributed by atoms with Crippen molar-refractivity contribution in [1.82, 2.24) is 10.3 Å². The molecule has 0 aromatic carbocycles. The smallest absolute Gasteiger partial charge is 0.412 e. The molecule has 1 aromatic rings. The summed E-state index contributed by atoms with van der Waals surface area (Å²) in [4.78, 5) is 28.2. The monoisotopic (exact) mass is 349 g/mol. The zero-order chi connectivity index (χ0) is 18.7. The van der Waals surface area contributed by atoms with Gasteiger partial charge in [-0.2, -0.15) is 0 Å². The summed E-state index contributed by atoms with van der Waals surface area (Å²) >= 11 is 0. The first-order valence-electron chi connectivity index (χ1n) is 8.45. The van der Waals surface area contributed by atoms with Crippen molar-refractivity contribution < 1.29 is 19.1 Å². The number of nitrogens with zero attached hydrogens (tertiary/aromatic N) is 1. The summed E-state index contributed by atoms with van der Waals surface area (Å²) in [5, 5.41) is 5.57. The highest BCUT2D eigenvalue weighted by molar-refractivity contribution is 5.93. The predicted molar refractivity (Wildman–Crippen MR) is 94.6 cm³/mol. The molecule has 2 heterocycles. The van der Waals surface area contributed by atoms with Crippen LogP contribution in [0.15, 0.2) is 18.3 Å². The number of carbonyl (C=O) groups is 2. The van der Waals surface area contributed by atoms with Gasteiger partial charge in [-0.1, -0.05) is 0 Å². The Hall–Kier alpha value is -2.15. The van der Waals surface area contributed by atoms with E-state index < -0.39 is 11.7 Å². The minimum atomic E-state index is -0.575. The topological polar surface area (TPSA) is 89.5 Å². The third-order valence-electron chi connectivity index (χ3n) is 3.67. The van der Waals surface area contributed by atoms with E-state index >= 15 is 0 Å². The number of hydrogen-bond donors (Lipinski definition) is 2. The Balaban J connectivity index is 1.91. The largest absolute Gasteiger partial charge is 0.444 e. The molecule has 0 bridgehead atoms. The fraction of sp³-hybridized carbons (Fsp3) is 0.611. The van der Waals surface area contributed by atoms with Crippen molar-refractivity contribution in [3.63, 3.8) is 0 Å². The molecule has 7 heteroatoms. The van der Waals surface area contributed by atoms with E-state index in [1.165, 1.54) is 6.20 Å². The zero-order valence-electron chi connectivity index (χ0n) is 15.5. The molecule has 138 valence electrons. The second-order valence-electron chi connectivity index (χ2n) is 7.83. The van der Waals surface area contributed by atoms with Gasteiger partial charge in [-0.25, -0.2) is 9.78 Å². The summed E-state index contributed by atoms with van der Waals surface area (Å²) in [5.74, 6) is -0.230. The molecular weight excluding hydrogens is 322 g/mol. The summed E-state index contributed by atoms with van der Waals surface area (Å²) in [6.45, 7) is 10.0.